The van der Waals surface area contributed by atoms with Gasteiger partial charge in [-0.15, -0.1) is 11.3 Å². The lowest BCUT2D eigenvalue weighted by atomic mass is 9.88. The van der Waals surface area contributed by atoms with Crippen molar-refractivity contribution >= 4 is 28.3 Å². The molecule has 0 spiro atoms. The second-order valence-electron chi connectivity index (χ2n) is 10.2. The summed E-state index contributed by atoms with van der Waals surface area (Å²) in [7, 11) is 2.14. The van der Waals surface area contributed by atoms with E-state index in [2.05, 4.69) is 34.4 Å². The SMILES string of the molecule is CN1CCC(c2ccc(-c3ccc4c(c3F)C(=O)N(C(C(=O)Nc3nccs3)c3ccccc3)CO4)cc2)CC1. The van der Waals surface area contributed by atoms with Gasteiger partial charge in [0, 0.05) is 17.1 Å². The summed E-state index contributed by atoms with van der Waals surface area (Å²) in [6, 6.07) is 19.1. The average Bonchev–Trinajstić information content (AvgIpc) is 3.49. The average molecular weight is 557 g/mol. The third-order valence-electron chi connectivity index (χ3n) is 7.69. The molecule has 7 nitrogen and oxygen atoms in total. The Labute approximate surface area is 236 Å². The fraction of sp³-hybridized carbons (Fsp3) is 0.258. The van der Waals surface area contributed by atoms with Gasteiger partial charge in [0.25, 0.3) is 11.8 Å². The summed E-state index contributed by atoms with van der Waals surface area (Å²) in [6.07, 6.45) is 3.78. The number of halogens is 1. The summed E-state index contributed by atoms with van der Waals surface area (Å²) >= 11 is 1.27. The fourth-order valence-corrected chi connectivity index (χ4v) is 6.01. The number of fused-ring (bicyclic) bond motifs is 1. The second kappa shape index (κ2) is 11.2. The van der Waals surface area contributed by atoms with Gasteiger partial charge in [0.05, 0.1) is 0 Å². The number of nitrogens with one attached hydrogen (secondary N) is 1. The van der Waals surface area contributed by atoms with E-state index in [-0.39, 0.29) is 18.0 Å². The molecule has 3 aromatic carbocycles. The molecular formula is C31H29FN4O3S. The number of hydrogen-bond donors (Lipinski definition) is 1. The van der Waals surface area contributed by atoms with Crippen molar-refractivity contribution in [1.82, 2.24) is 14.8 Å². The zero-order valence-corrected chi connectivity index (χ0v) is 22.9. The first-order valence-corrected chi connectivity index (χ1v) is 14.2. The fourth-order valence-electron chi connectivity index (χ4n) is 5.48. The molecule has 1 aromatic heterocycles. The first kappa shape index (κ1) is 26.2. The van der Waals surface area contributed by atoms with Crippen molar-refractivity contribution in [3.8, 4) is 16.9 Å². The maximum absolute atomic E-state index is 16.1. The second-order valence-corrected chi connectivity index (χ2v) is 11.1. The van der Waals surface area contributed by atoms with Crippen LogP contribution in [0.5, 0.6) is 5.75 Å². The monoisotopic (exact) mass is 556 g/mol. The Hall–Kier alpha value is -4.08. The van der Waals surface area contributed by atoms with Gasteiger partial charge in [-0.05, 0) is 67.7 Å². The van der Waals surface area contributed by atoms with Crippen LogP contribution in [0, 0.1) is 5.82 Å². The van der Waals surface area contributed by atoms with Crippen molar-refractivity contribution < 1.29 is 18.7 Å². The Morgan fingerprint density at radius 2 is 1.82 bits per heavy atom. The van der Waals surface area contributed by atoms with Gasteiger partial charge in [-0.2, -0.15) is 0 Å². The first-order valence-electron chi connectivity index (χ1n) is 13.3. The summed E-state index contributed by atoms with van der Waals surface area (Å²) in [5.41, 5.74) is 2.65. The van der Waals surface area contributed by atoms with Crippen LogP contribution in [0.1, 0.15) is 46.3 Å². The van der Waals surface area contributed by atoms with Gasteiger partial charge in [-0.1, -0.05) is 54.6 Å². The third kappa shape index (κ3) is 5.10. The minimum atomic E-state index is -1.04. The Morgan fingerprint density at radius 3 is 2.52 bits per heavy atom. The smallest absolute Gasteiger partial charge is 0.264 e. The lowest BCUT2D eigenvalue weighted by Crippen LogP contribution is -2.46. The van der Waals surface area contributed by atoms with E-state index in [9.17, 15) is 9.59 Å². The van der Waals surface area contributed by atoms with Crippen LogP contribution in [0.25, 0.3) is 11.1 Å². The maximum atomic E-state index is 16.1. The van der Waals surface area contributed by atoms with E-state index in [1.807, 2.05) is 18.2 Å². The normalized spacial score (nSPS) is 16.8. The van der Waals surface area contributed by atoms with Crippen LogP contribution in [-0.4, -0.2) is 53.5 Å². The van der Waals surface area contributed by atoms with Crippen molar-refractivity contribution in [2.45, 2.75) is 24.8 Å². The molecule has 6 rings (SSSR count). The van der Waals surface area contributed by atoms with Crippen LogP contribution in [-0.2, 0) is 4.79 Å². The molecule has 1 unspecified atom stereocenters. The van der Waals surface area contributed by atoms with Crippen molar-refractivity contribution in [2.24, 2.45) is 0 Å². The van der Waals surface area contributed by atoms with Gasteiger partial charge in [-0.3, -0.25) is 19.8 Å². The quantitative estimate of drug-likeness (QED) is 0.319. The number of carbonyl (C=O) groups excluding carboxylic acids is 2. The lowest BCUT2D eigenvalue weighted by molar-refractivity contribution is -0.122. The predicted molar refractivity (Wildman–Crippen MR) is 153 cm³/mol. The van der Waals surface area contributed by atoms with Crippen LogP contribution in [0.15, 0.2) is 78.3 Å². The number of thiazole rings is 1. The number of nitrogens with zero attached hydrogens (tertiary/aromatic N) is 3. The number of hydrogen-bond acceptors (Lipinski definition) is 6. The zero-order chi connectivity index (χ0) is 27.6. The highest BCUT2D eigenvalue weighted by Gasteiger charge is 2.39. The summed E-state index contributed by atoms with van der Waals surface area (Å²) in [4.78, 5) is 35.0. The molecule has 204 valence electrons. The topological polar surface area (TPSA) is 74.8 Å². The van der Waals surface area contributed by atoms with Gasteiger partial charge in [0.15, 0.2) is 11.9 Å². The molecule has 1 N–H and O–H groups in total. The van der Waals surface area contributed by atoms with E-state index in [4.69, 9.17) is 4.74 Å². The van der Waals surface area contributed by atoms with Crippen molar-refractivity contribution in [2.75, 3.05) is 32.2 Å². The molecule has 1 fully saturated rings. The Kier molecular flexibility index (Phi) is 7.32. The predicted octanol–water partition coefficient (Wildman–Crippen LogP) is 5.93. The summed E-state index contributed by atoms with van der Waals surface area (Å²) in [5.74, 6) is -1.06. The zero-order valence-electron chi connectivity index (χ0n) is 22.0. The van der Waals surface area contributed by atoms with Crippen LogP contribution < -0.4 is 10.1 Å². The third-order valence-corrected chi connectivity index (χ3v) is 8.38. The number of piperidine rings is 1. The number of likely N-dealkylation sites (tertiary alicyclic amines) is 1. The van der Waals surface area contributed by atoms with Crippen LogP contribution in [0.4, 0.5) is 9.52 Å². The largest absolute Gasteiger partial charge is 0.472 e. The van der Waals surface area contributed by atoms with E-state index in [1.54, 1.807) is 48.0 Å². The molecule has 0 saturated carbocycles. The molecule has 1 atom stereocenters. The van der Waals surface area contributed by atoms with E-state index in [0.29, 0.717) is 27.7 Å². The molecule has 2 aliphatic heterocycles. The van der Waals surface area contributed by atoms with E-state index in [0.717, 1.165) is 25.9 Å². The number of benzene rings is 3. The molecule has 1 saturated heterocycles. The van der Waals surface area contributed by atoms with E-state index >= 15 is 4.39 Å². The van der Waals surface area contributed by atoms with Gasteiger partial charge in [-0.25, -0.2) is 9.37 Å². The standard InChI is InChI=1S/C31H29FN4O3S/c1-35-16-13-21(14-17-35)20-7-9-22(10-8-20)24-11-12-25-26(27(24)32)30(38)36(19-39-25)28(23-5-3-2-4-6-23)29(37)34-31-33-15-18-40-31/h2-12,15,18,21,28H,13-14,16-17,19H2,1H3,(H,33,34,37). The molecular weight excluding hydrogens is 527 g/mol. The summed E-state index contributed by atoms with van der Waals surface area (Å²) in [6.45, 7) is 1.94. The van der Waals surface area contributed by atoms with Crippen molar-refractivity contribution in [3.05, 3.63) is 101 Å². The first-order chi connectivity index (χ1) is 19.5. The molecule has 0 bridgehead atoms. The summed E-state index contributed by atoms with van der Waals surface area (Å²) in [5, 5.41) is 4.93. The van der Waals surface area contributed by atoms with Gasteiger partial charge < -0.3 is 9.64 Å². The lowest BCUT2D eigenvalue weighted by Gasteiger charge is -2.34. The minimum Gasteiger partial charge on any atom is -0.472 e. The van der Waals surface area contributed by atoms with E-state index in [1.165, 1.54) is 21.8 Å². The Balaban J connectivity index is 1.30. The maximum Gasteiger partial charge on any atom is 0.264 e. The van der Waals surface area contributed by atoms with Crippen LogP contribution in [0.2, 0.25) is 0 Å². The number of anilines is 1. The summed E-state index contributed by atoms with van der Waals surface area (Å²) < 4.78 is 21.9. The molecule has 9 heteroatoms. The highest BCUT2D eigenvalue weighted by atomic mass is 32.1. The number of rotatable bonds is 6. The highest BCUT2D eigenvalue weighted by molar-refractivity contribution is 7.13. The molecule has 2 aliphatic rings. The Morgan fingerprint density at radius 1 is 1.07 bits per heavy atom. The van der Waals surface area contributed by atoms with Gasteiger partial charge in [0.1, 0.15) is 23.2 Å². The van der Waals surface area contributed by atoms with E-state index < -0.39 is 23.7 Å². The highest BCUT2D eigenvalue weighted by Crippen LogP contribution is 2.38. The minimum absolute atomic E-state index is 0.164. The van der Waals surface area contributed by atoms with Crippen molar-refractivity contribution in [3.63, 3.8) is 0 Å². The molecule has 2 amide bonds. The molecule has 0 aliphatic carbocycles. The molecule has 0 radical (unpaired) electrons. The van der Waals surface area contributed by atoms with Crippen LogP contribution >= 0.6 is 11.3 Å². The van der Waals surface area contributed by atoms with Gasteiger partial charge in [0.2, 0.25) is 0 Å². The van der Waals surface area contributed by atoms with Gasteiger partial charge >= 0.3 is 0 Å². The Bertz CT molecular complexity index is 1500. The van der Waals surface area contributed by atoms with Crippen LogP contribution in [0.3, 0.4) is 0 Å². The van der Waals surface area contributed by atoms with Crippen molar-refractivity contribution in [1.29, 1.82) is 0 Å². The molecule has 4 aromatic rings. The number of aromatic nitrogens is 1. The molecule has 3 heterocycles. The number of amides is 2. The number of ether oxygens (including phenoxy) is 1. The number of carbonyl (C=O) groups is 2. The molecule has 40 heavy (non-hydrogen) atoms.